The van der Waals surface area contributed by atoms with Gasteiger partial charge in [-0.05, 0) is 54.8 Å². The minimum absolute atomic E-state index is 0.0188. The SMILES string of the molecule is CCc1ccc(OCCCC(=O)Nc2ccc(N)cc2)cc1. The summed E-state index contributed by atoms with van der Waals surface area (Å²) in [5.41, 5.74) is 8.33. The molecule has 0 radical (unpaired) electrons. The van der Waals surface area contributed by atoms with E-state index in [2.05, 4.69) is 24.4 Å². The number of nitrogen functional groups attached to an aromatic ring is 1. The standard InChI is InChI=1S/C18H22N2O2/c1-2-14-5-11-17(12-6-14)22-13-3-4-18(21)20-16-9-7-15(19)8-10-16/h5-12H,2-4,13,19H2,1H3,(H,20,21). The van der Waals surface area contributed by atoms with Crippen LogP contribution in [-0.4, -0.2) is 12.5 Å². The highest BCUT2D eigenvalue weighted by atomic mass is 16.5. The zero-order chi connectivity index (χ0) is 15.8. The highest BCUT2D eigenvalue weighted by Crippen LogP contribution is 2.14. The molecule has 3 N–H and O–H groups in total. The topological polar surface area (TPSA) is 64.3 Å². The third kappa shape index (κ3) is 5.13. The highest BCUT2D eigenvalue weighted by molar-refractivity contribution is 5.90. The summed E-state index contributed by atoms with van der Waals surface area (Å²) in [6.45, 7) is 2.65. The van der Waals surface area contributed by atoms with E-state index in [1.54, 1.807) is 24.3 Å². The summed E-state index contributed by atoms with van der Waals surface area (Å²) in [5, 5.41) is 2.83. The average molecular weight is 298 g/mol. The monoisotopic (exact) mass is 298 g/mol. The molecule has 0 aliphatic rings. The van der Waals surface area contributed by atoms with Crippen LogP contribution >= 0.6 is 0 Å². The molecule has 0 fully saturated rings. The van der Waals surface area contributed by atoms with Gasteiger partial charge in [0.1, 0.15) is 5.75 Å². The first-order valence-electron chi connectivity index (χ1n) is 7.54. The lowest BCUT2D eigenvalue weighted by Gasteiger charge is -2.08. The Bertz CT molecular complexity index is 591. The molecule has 0 aliphatic carbocycles. The number of benzene rings is 2. The number of anilines is 2. The first-order chi connectivity index (χ1) is 10.7. The number of carbonyl (C=O) groups excluding carboxylic acids is 1. The predicted octanol–water partition coefficient (Wildman–Crippen LogP) is 3.63. The van der Waals surface area contributed by atoms with Crippen LogP contribution in [0.25, 0.3) is 0 Å². The van der Waals surface area contributed by atoms with Gasteiger partial charge in [0.2, 0.25) is 5.91 Å². The zero-order valence-corrected chi connectivity index (χ0v) is 12.8. The van der Waals surface area contributed by atoms with Crippen LogP contribution in [0, 0.1) is 0 Å². The van der Waals surface area contributed by atoms with Crippen molar-refractivity contribution < 1.29 is 9.53 Å². The molecular formula is C18H22N2O2. The van der Waals surface area contributed by atoms with Gasteiger partial charge >= 0.3 is 0 Å². The number of nitrogens with two attached hydrogens (primary N) is 1. The van der Waals surface area contributed by atoms with Gasteiger partial charge in [-0.25, -0.2) is 0 Å². The van der Waals surface area contributed by atoms with Crippen LogP contribution in [0.5, 0.6) is 5.75 Å². The van der Waals surface area contributed by atoms with Crippen molar-refractivity contribution in [3.8, 4) is 5.75 Å². The minimum Gasteiger partial charge on any atom is -0.494 e. The van der Waals surface area contributed by atoms with Crippen LogP contribution in [0.4, 0.5) is 11.4 Å². The van der Waals surface area contributed by atoms with Crippen LogP contribution in [0.2, 0.25) is 0 Å². The molecule has 4 nitrogen and oxygen atoms in total. The largest absolute Gasteiger partial charge is 0.494 e. The quantitative estimate of drug-likeness (QED) is 0.606. The lowest BCUT2D eigenvalue weighted by atomic mass is 10.2. The molecule has 0 atom stereocenters. The van der Waals surface area contributed by atoms with Crippen molar-refractivity contribution in [2.75, 3.05) is 17.7 Å². The molecule has 22 heavy (non-hydrogen) atoms. The summed E-state index contributed by atoms with van der Waals surface area (Å²) >= 11 is 0. The maximum atomic E-state index is 11.8. The third-order valence-electron chi connectivity index (χ3n) is 3.34. The molecule has 116 valence electrons. The van der Waals surface area contributed by atoms with Gasteiger partial charge in [0.05, 0.1) is 6.61 Å². The van der Waals surface area contributed by atoms with Crippen LogP contribution in [0.1, 0.15) is 25.3 Å². The lowest BCUT2D eigenvalue weighted by molar-refractivity contribution is -0.116. The summed E-state index contributed by atoms with van der Waals surface area (Å²) in [6, 6.07) is 15.2. The van der Waals surface area contributed by atoms with E-state index in [1.807, 2.05) is 12.1 Å². The van der Waals surface area contributed by atoms with Crippen molar-refractivity contribution in [2.24, 2.45) is 0 Å². The summed E-state index contributed by atoms with van der Waals surface area (Å²) in [5.74, 6) is 0.825. The summed E-state index contributed by atoms with van der Waals surface area (Å²) < 4.78 is 5.63. The smallest absolute Gasteiger partial charge is 0.224 e. The molecule has 0 spiro atoms. The molecule has 2 rings (SSSR count). The number of ether oxygens (including phenoxy) is 1. The third-order valence-corrected chi connectivity index (χ3v) is 3.34. The molecule has 0 unspecified atom stereocenters. The van der Waals surface area contributed by atoms with Crippen molar-refractivity contribution in [2.45, 2.75) is 26.2 Å². The van der Waals surface area contributed by atoms with E-state index >= 15 is 0 Å². The molecule has 0 aliphatic heterocycles. The number of hydrogen-bond acceptors (Lipinski definition) is 3. The molecule has 1 amide bonds. The Morgan fingerprint density at radius 2 is 1.77 bits per heavy atom. The number of aryl methyl sites for hydroxylation is 1. The summed E-state index contributed by atoms with van der Waals surface area (Å²) in [7, 11) is 0. The molecule has 0 saturated carbocycles. The fourth-order valence-electron chi connectivity index (χ4n) is 2.03. The van der Waals surface area contributed by atoms with E-state index in [9.17, 15) is 4.79 Å². The van der Waals surface area contributed by atoms with Gasteiger partial charge in [-0.2, -0.15) is 0 Å². The molecule has 0 heterocycles. The highest BCUT2D eigenvalue weighted by Gasteiger charge is 2.02. The van der Waals surface area contributed by atoms with Crippen molar-refractivity contribution in [1.82, 2.24) is 0 Å². The van der Waals surface area contributed by atoms with Crippen molar-refractivity contribution >= 4 is 17.3 Å². The van der Waals surface area contributed by atoms with E-state index in [-0.39, 0.29) is 5.91 Å². The van der Waals surface area contributed by atoms with E-state index in [0.29, 0.717) is 25.1 Å². The minimum atomic E-state index is -0.0188. The molecule has 0 saturated heterocycles. The maximum absolute atomic E-state index is 11.8. The van der Waals surface area contributed by atoms with E-state index in [0.717, 1.165) is 17.9 Å². The van der Waals surface area contributed by atoms with Gasteiger partial charge in [-0.1, -0.05) is 19.1 Å². The Balaban J connectivity index is 1.67. The number of carbonyl (C=O) groups is 1. The Kier molecular flexibility index (Phi) is 5.83. The Morgan fingerprint density at radius 3 is 2.41 bits per heavy atom. The Morgan fingerprint density at radius 1 is 1.09 bits per heavy atom. The predicted molar refractivity (Wildman–Crippen MR) is 90.0 cm³/mol. The van der Waals surface area contributed by atoms with Crippen molar-refractivity contribution in [3.05, 3.63) is 54.1 Å². The lowest BCUT2D eigenvalue weighted by Crippen LogP contribution is -2.12. The molecule has 2 aromatic rings. The van der Waals surface area contributed by atoms with Crippen LogP contribution in [0.3, 0.4) is 0 Å². The van der Waals surface area contributed by atoms with E-state index < -0.39 is 0 Å². The van der Waals surface area contributed by atoms with Gasteiger partial charge in [0.15, 0.2) is 0 Å². The van der Waals surface area contributed by atoms with E-state index in [1.165, 1.54) is 5.56 Å². The van der Waals surface area contributed by atoms with Crippen LogP contribution in [-0.2, 0) is 11.2 Å². The van der Waals surface area contributed by atoms with Crippen molar-refractivity contribution in [3.63, 3.8) is 0 Å². The van der Waals surface area contributed by atoms with Crippen molar-refractivity contribution in [1.29, 1.82) is 0 Å². The van der Waals surface area contributed by atoms with Gasteiger partial charge in [-0.15, -0.1) is 0 Å². The number of amides is 1. The number of nitrogens with one attached hydrogen (secondary N) is 1. The molecule has 0 aromatic heterocycles. The van der Waals surface area contributed by atoms with Gasteiger partial charge in [0, 0.05) is 17.8 Å². The second kappa shape index (κ2) is 8.08. The normalized spacial score (nSPS) is 10.2. The molecule has 2 aromatic carbocycles. The zero-order valence-electron chi connectivity index (χ0n) is 12.8. The summed E-state index contributed by atoms with van der Waals surface area (Å²) in [4.78, 5) is 11.8. The molecule has 4 heteroatoms. The maximum Gasteiger partial charge on any atom is 0.224 e. The van der Waals surface area contributed by atoms with Gasteiger partial charge < -0.3 is 15.8 Å². The first kappa shape index (κ1) is 15.9. The van der Waals surface area contributed by atoms with Gasteiger partial charge in [0.25, 0.3) is 0 Å². The average Bonchev–Trinajstić information content (AvgIpc) is 2.54. The Hall–Kier alpha value is -2.49. The number of rotatable bonds is 7. The van der Waals surface area contributed by atoms with Crippen LogP contribution < -0.4 is 15.8 Å². The fourth-order valence-corrected chi connectivity index (χ4v) is 2.03. The second-order valence-corrected chi connectivity index (χ2v) is 5.12. The fraction of sp³-hybridized carbons (Fsp3) is 0.278. The summed E-state index contributed by atoms with van der Waals surface area (Å²) in [6.07, 6.45) is 2.12. The first-order valence-corrected chi connectivity index (χ1v) is 7.54. The number of hydrogen-bond donors (Lipinski definition) is 2. The van der Waals surface area contributed by atoms with E-state index in [4.69, 9.17) is 10.5 Å². The van der Waals surface area contributed by atoms with Gasteiger partial charge in [-0.3, -0.25) is 4.79 Å². The second-order valence-electron chi connectivity index (χ2n) is 5.12. The van der Waals surface area contributed by atoms with Crippen LogP contribution in [0.15, 0.2) is 48.5 Å². The molecular weight excluding hydrogens is 276 g/mol. The Labute approximate surface area is 131 Å². The molecule has 0 bridgehead atoms.